The van der Waals surface area contributed by atoms with E-state index in [2.05, 4.69) is 20.4 Å². The first kappa shape index (κ1) is 19.7. The molecule has 1 heterocycles. The lowest BCUT2D eigenvalue weighted by atomic mass is 9.84. The van der Waals surface area contributed by atoms with Crippen molar-refractivity contribution in [1.29, 1.82) is 0 Å². The molecule has 6 atom stereocenters. The van der Waals surface area contributed by atoms with E-state index in [-0.39, 0.29) is 30.0 Å². The monoisotopic (exact) mass is 346 g/mol. The van der Waals surface area contributed by atoms with Crippen LogP contribution in [0.3, 0.4) is 0 Å². The highest BCUT2D eigenvalue weighted by atomic mass is 16.7. The molecule has 138 valence electrons. The lowest BCUT2D eigenvalue weighted by Gasteiger charge is -2.43. The lowest BCUT2D eigenvalue weighted by Crippen LogP contribution is -2.52. The molecule has 1 aromatic carbocycles. The molecule has 0 aliphatic carbocycles. The first-order chi connectivity index (χ1) is 11.9. The van der Waals surface area contributed by atoms with E-state index in [1.54, 1.807) is 12.1 Å². The summed E-state index contributed by atoms with van der Waals surface area (Å²) in [5.74, 6) is 0.0834. The van der Waals surface area contributed by atoms with Crippen molar-refractivity contribution in [3.8, 4) is 0 Å². The maximum Gasteiger partial charge on any atom is 0.338 e. The number of hydrogen-bond donors (Lipinski definition) is 0. The number of carbonyl (C=O) groups is 1. The fraction of sp³-hybridized carbons (Fsp3) is 0.571. The molecule has 0 aromatic heterocycles. The summed E-state index contributed by atoms with van der Waals surface area (Å²) in [6, 6.07) is 9.04. The molecule has 0 saturated carbocycles. The maximum absolute atomic E-state index is 12.5. The summed E-state index contributed by atoms with van der Waals surface area (Å²) in [5.41, 5.74) is 0.541. The van der Waals surface area contributed by atoms with Crippen LogP contribution < -0.4 is 0 Å². The molecule has 4 nitrogen and oxygen atoms in total. The number of rotatable bonds is 7. The van der Waals surface area contributed by atoms with Gasteiger partial charge in [-0.2, -0.15) is 0 Å². The predicted octanol–water partition coefficient (Wildman–Crippen LogP) is 4.60. The number of carbonyl (C=O) groups excluding carboxylic acids is 1. The Kier molecular flexibility index (Phi) is 7.21. The van der Waals surface area contributed by atoms with E-state index >= 15 is 0 Å². The van der Waals surface area contributed by atoms with Crippen molar-refractivity contribution in [2.45, 2.75) is 65.1 Å². The van der Waals surface area contributed by atoms with Gasteiger partial charge in [0.2, 0.25) is 0 Å². The predicted molar refractivity (Wildman–Crippen MR) is 98.3 cm³/mol. The molecule has 4 heteroatoms. The SMILES string of the molecule is C=CCC[C@@H](C)O[C@@H]1O[C@@H](C)[C@@H](C)[C@@H](C)[C@@H]1OC(=O)c1ccccc1. The van der Waals surface area contributed by atoms with E-state index in [0.717, 1.165) is 12.8 Å². The second kappa shape index (κ2) is 9.16. The van der Waals surface area contributed by atoms with Crippen LogP contribution in [0.15, 0.2) is 43.0 Å². The Labute approximate surface area is 151 Å². The van der Waals surface area contributed by atoms with Gasteiger partial charge in [0, 0.05) is 5.92 Å². The highest BCUT2D eigenvalue weighted by Gasteiger charge is 2.43. The first-order valence-electron chi connectivity index (χ1n) is 9.11. The average Bonchev–Trinajstić information content (AvgIpc) is 2.62. The quantitative estimate of drug-likeness (QED) is 0.535. The van der Waals surface area contributed by atoms with Crippen LogP contribution in [-0.4, -0.2) is 30.6 Å². The Hall–Kier alpha value is -1.65. The molecule has 1 aliphatic heterocycles. The van der Waals surface area contributed by atoms with Gasteiger partial charge in [-0.05, 0) is 44.7 Å². The zero-order valence-corrected chi connectivity index (χ0v) is 15.7. The molecule has 0 N–H and O–H groups in total. The van der Waals surface area contributed by atoms with Crippen LogP contribution in [0, 0.1) is 11.8 Å². The average molecular weight is 346 g/mol. The summed E-state index contributed by atoms with van der Waals surface area (Å²) >= 11 is 0. The van der Waals surface area contributed by atoms with Gasteiger partial charge in [-0.25, -0.2) is 4.79 Å². The Morgan fingerprint density at radius 1 is 1.24 bits per heavy atom. The summed E-state index contributed by atoms with van der Waals surface area (Å²) in [6.45, 7) is 12.0. The third-order valence-corrected chi connectivity index (χ3v) is 5.10. The molecular formula is C21H30O4. The van der Waals surface area contributed by atoms with Crippen molar-refractivity contribution in [1.82, 2.24) is 0 Å². The van der Waals surface area contributed by atoms with Crippen LogP contribution in [0.4, 0.5) is 0 Å². The molecule has 1 aromatic rings. The van der Waals surface area contributed by atoms with E-state index in [1.165, 1.54) is 0 Å². The van der Waals surface area contributed by atoms with Crippen molar-refractivity contribution in [3.63, 3.8) is 0 Å². The second-order valence-corrected chi connectivity index (χ2v) is 6.98. The highest BCUT2D eigenvalue weighted by molar-refractivity contribution is 5.89. The van der Waals surface area contributed by atoms with Gasteiger partial charge < -0.3 is 14.2 Å². The van der Waals surface area contributed by atoms with Crippen molar-refractivity contribution in [2.24, 2.45) is 11.8 Å². The van der Waals surface area contributed by atoms with Gasteiger partial charge in [-0.3, -0.25) is 0 Å². The summed E-state index contributed by atoms with van der Waals surface area (Å²) in [6.07, 6.45) is 2.71. The number of esters is 1. The minimum Gasteiger partial charge on any atom is -0.453 e. The minimum absolute atomic E-state index is 0.00809. The van der Waals surface area contributed by atoms with Crippen molar-refractivity contribution >= 4 is 5.97 Å². The van der Waals surface area contributed by atoms with E-state index in [9.17, 15) is 4.79 Å². The molecule has 2 rings (SSSR count). The lowest BCUT2D eigenvalue weighted by molar-refractivity contribution is -0.277. The Balaban J connectivity index is 2.10. The van der Waals surface area contributed by atoms with E-state index in [0.29, 0.717) is 5.56 Å². The summed E-state index contributed by atoms with van der Waals surface area (Å²) in [7, 11) is 0. The van der Waals surface area contributed by atoms with E-state index in [1.807, 2.05) is 38.1 Å². The highest BCUT2D eigenvalue weighted by Crippen LogP contribution is 2.34. The molecule has 1 saturated heterocycles. The molecule has 0 unspecified atom stereocenters. The van der Waals surface area contributed by atoms with Crippen molar-refractivity contribution < 1.29 is 19.0 Å². The third kappa shape index (κ3) is 5.16. The van der Waals surface area contributed by atoms with Gasteiger partial charge in [-0.15, -0.1) is 6.58 Å². The van der Waals surface area contributed by atoms with Crippen LogP contribution >= 0.6 is 0 Å². The summed E-state index contributed by atoms with van der Waals surface area (Å²) in [5, 5.41) is 0. The molecular weight excluding hydrogens is 316 g/mol. The zero-order valence-electron chi connectivity index (χ0n) is 15.7. The van der Waals surface area contributed by atoms with Crippen molar-refractivity contribution in [3.05, 3.63) is 48.6 Å². The summed E-state index contributed by atoms with van der Waals surface area (Å²) < 4.78 is 17.9. The first-order valence-corrected chi connectivity index (χ1v) is 9.11. The fourth-order valence-electron chi connectivity index (χ4n) is 3.08. The number of hydrogen-bond acceptors (Lipinski definition) is 4. The molecule has 25 heavy (non-hydrogen) atoms. The smallest absolute Gasteiger partial charge is 0.338 e. The van der Waals surface area contributed by atoms with Crippen molar-refractivity contribution in [2.75, 3.05) is 0 Å². The zero-order chi connectivity index (χ0) is 18.4. The molecule has 0 amide bonds. The standard InChI is InChI=1S/C21H30O4/c1-6-7-11-14(2)23-21-19(16(4)15(3)17(5)24-21)25-20(22)18-12-9-8-10-13-18/h6,8-10,12-17,19,21H,1,7,11H2,2-5H3/t14-,15+,16-,17+,19+,21-/m1/s1. The van der Waals surface area contributed by atoms with Gasteiger partial charge in [-0.1, -0.05) is 38.1 Å². The van der Waals surface area contributed by atoms with Crippen LogP contribution in [0.2, 0.25) is 0 Å². The molecule has 1 aliphatic rings. The number of allylic oxidation sites excluding steroid dienone is 1. The van der Waals surface area contributed by atoms with Crippen LogP contribution in [-0.2, 0) is 14.2 Å². The normalized spacial score (nSPS) is 30.5. The van der Waals surface area contributed by atoms with Gasteiger partial charge in [0.25, 0.3) is 0 Å². The van der Waals surface area contributed by atoms with E-state index in [4.69, 9.17) is 14.2 Å². The molecule has 1 fully saturated rings. The van der Waals surface area contributed by atoms with Crippen LogP contribution in [0.1, 0.15) is 50.9 Å². The second-order valence-electron chi connectivity index (χ2n) is 6.98. The fourth-order valence-corrected chi connectivity index (χ4v) is 3.08. The van der Waals surface area contributed by atoms with Gasteiger partial charge in [0.05, 0.1) is 17.8 Å². The maximum atomic E-state index is 12.5. The van der Waals surface area contributed by atoms with E-state index < -0.39 is 12.4 Å². The van der Waals surface area contributed by atoms with Gasteiger partial charge >= 0.3 is 5.97 Å². The topological polar surface area (TPSA) is 44.8 Å². The number of benzene rings is 1. The van der Waals surface area contributed by atoms with Crippen LogP contribution in [0.5, 0.6) is 0 Å². The molecule has 0 bridgehead atoms. The van der Waals surface area contributed by atoms with Gasteiger partial charge in [0.1, 0.15) is 0 Å². The summed E-state index contributed by atoms with van der Waals surface area (Å²) in [4.78, 5) is 12.5. The molecule has 0 radical (unpaired) electrons. The van der Waals surface area contributed by atoms with Crippen LogP contribution in [0.25, 0.3) is 0 Å². The Bertz CT molecular complexity index is 556. The minimum atomic E-state index is -0.548. The molecule has 0 spiro atoms. The largest absolute Gasteiger partial charge is 0.453 e. The van der Waals surface area contributed by atoms with Gasteiger partial charge in [0.15, 0.2) is 12.4 Å². The Morgan fingerprint density at radius 2 is 1.92 bits per heavy atom. The third-order valence-electron chi connectivity index (χ3n) is 5.10. The number of ether oxygens (including phenoxy) is 3. The Morgan fingerprint density at radius 3 is 2.56 bits per heavy atom.